The van der Waals surface area contributed by atoms with Gasteiger partial charge in [-0.25, -0.2) is 8.78 Å². The van der Waals surface area contributed by atoms with E-state index in [1.807, 2.05) is 0 Å². The van der Waals surface area contributed by atoms with Crippen LogP contribution in [0.1, 0.15) is 11.5 Å². The molecule has 0 aromatic heterocycles. The summed E-state index contributed by atoms with van der Waals surface area (Å²) in [6.45, 7) is -0.0285. The Morgan fingerprint density at radius 2 is 1.71 bits per heavy atom. The summed E-state index contributed by atoms with van der Waals surface area (Å²) in [5.74, 6) is -0.854. The van der Waals surface area contributed by atoms with E-state index in [1.54, 1.807) is 24.3 Å². The molecule has 1 aromatic carbocycles. The van der Waals surface area contributed by atoms with Crippen LogP contribution in [0.3, 0.4) is 0 Å². The van der Waals surface area contributed by atoms with E-state index in [2.05, 4.69) is 15.9 Å². The second kappa shape index (κ2) is 6.32. The van der Waals surface area contributed by atoms with Gasteiger partial charge in [-0.15, -0.1) is 12.4 Å². The zero-order valence-electron chi connectivity index (χ0n) is 7.29. The standard InChI is InChI=1S/C9H10BrF2N.ClH/c10-7-3-1-6(2-4-7)8(5-13)9(11)12;/h1-4,8-9H,5,13H2;1H. The van der Waals surface area contributed by atoms with Crippen LogP contribution in [0.25, 0.3) is 0 Å². The molecule has 1 atom stereocenters. The highest BCUT2D eigenvalue weighted by Gasteiger charge is 2.20. The molecule has 14 heavy (non-hydrogen) atoms. The minimum atomic E-state index is -2.40. The topological polar surface area (TPSA) is 26.0 Å². The molecule has 0 aliphatic carbocycles. The third-order valence-electron chi connectivity index (χ3n) is 1.86. The first-order valence-corrected chi connectivity index (χ1v) is 4.68. The summed E-state index contributed by atoms with van der Waals surface area (Å²) in [6.07, 6.45) is -2.40. The lowest BCUT2D eigenvalue weighted by Crippen LogP contribution is -2.19. The largest absolute Gasteiger partial charge is 0.330 e. The highest BCUT2D eigenvalue weighted by molar-refractivity contribution is 9.10. The molecule has 0 heterocycles. The Morgan fingerprint density at radius 3 is 2.07 bits per heavy atom. The van der Waals surface area contributed by atoms with Crippen molar-refractivity contribution in [3.05, 3.63) is 34.3 Å². The molecule has 0 radical (unpaired) electrons. The van der Waals surface area contributed by atoms with Gasteiger partial charge in [0.05, 0.1) is 5.92 Å². The van der Waals surface area contributed by atoms with Gasteiger partial charge >= 0.3 is 0 Å². The Bertz CT molecular complexity index is 266. The SMILES string of the molecule is Cl.NCC(c1ccc(Br)cc1)C(F)F. The third kappa shape index (κ3) is 3.52. The van der Waals surface area contributed by atoms with Crippen LogP contribution < -0.4 is 5.73 Å². The fourth-order valence-electron chi connectivity index (χ4n) is 1.09. The fourth-order valence-corrected chi connectivity index (χ4v) is 1.36. The van der Waals surface area contributed by atoms with Crippen LogP contribution in [0.15, 0.2) is 28.7 Å². The molecule has 0 saturated heterocycles. The summed E-state index contributed by atoms with van der Waals surface area (Å²) in [6, 6.07) is 6.79. The maximum Gasteiger partial charge on any atom is 0.246 e. The number of nitrogens with two attached hydrogens (primary N) is 1. The first-order chi connectivity index (χ1) is 6.15. The van der Waals surface area contributed by atoms with Gasteiger partial charge in [-0.05, 0) is 17.7 Å². The van der Waals surface area contributed by atoms with Crippen molar-refractivity contribution >= 4 is 28.3 Å². The molecule has 5 heteroatoms. The highest BCUT2D eigenvalue weighted by Crippen LogP contribution is 2.23. The molecule has 0 amide bonds. The lowest BCUT2D eigenvalue weighted by molar-refractivity contribution is 0.117. The van der Waals surface area contributed by atoms with E-state index >= 15 is 0 Å². The molecule has 1 unspecified atom stereocenters. The Labute approximate surface area is 96.2 Å². The summed E-state index contributed by atoms with van der Waals surface area (Å²) in [5.41, 5.74) is 5.84. The molecule has 2 N–H and O–H groups in total. The molecular formula is C9H11BrClF2N. The molecule has 0 bridgehead atoms. The van der Waals surface area contributed by atoms with E-state index < -0.39 is 12.3 Å². The van der Waals surface area contributed by atoms with E-state index in [9.17, 15) is 8.78 Å². The number of hydrogen-bond donors (Lipinski definition) is 1. The van der Waals surface area contributed by atoms with Gasteiger partial charge in [-0.1, -0.05) is 28.1 Å². The fraction of sp³-hybridized carbons (Fsp3) is 0.333. The van der Waals surface area contributed by atoms with Crippen molar-refractivity contribution < 1.29 is 8.78 Å². The van der Waals surface area contributed by atoms with E-state index in [4.69, 9.17) is 5.73 Å². The van der Waals surface area contributed by atoms with Gasteiger partial charge < -0.3 is 5.73 Å². The first-order valence-electron chi connectivity index (χ1n) is 3.89. The van der Waals surface area contributed by atoms with Crippen molar-refractivity contribution in [2.75, 3.05) is 6.54 Å². The Morgan fingerprint density at radius 1 is 1.21 bits per heavy atom. The molecular weight excluding hydrogens is 275 g/mol. The number of halogens is 4. The number of benzene rings is 1. The monoisotopic (exact) mass is 285 g/mol. The molecule has 0 saturated carbocycles. The van der Waals surface area contributed by atoms with Crippen LogP contribution in [-0.4, -0.2) is 13.0 Å². The lowest BCUT2D eigenvalue weighted by atomic mass is 10.0. The van der Waals surface area contributed by atoms with Gasteiger partial charge in [-0.3, -0.25) is 0 Å². The van der Waals surface area contributed by atoms with Gasteiger partial charge in [0.15, 0.2) is 0 Å². The number of alkyl halides is 2. The van der Waals surface area contributed by atoms with Gasteiger partial charge in [-0.2, -0.15) is 0 Å². The van der Waals surface area contributed by atoms with Gasteiger partial charge in [0.2, 0.25) is 6.43 Å². The molecule has 0 fully saturated rings. The van der Waals surface area contributed by atoms with Crippen LogP contribution in [0.5, 0.6) is 0 Å². The van der Waals surface area contributed by atoms with Crippen molar-refractivity contribution in [3.8, 4) is 0 Å². The quantitative estimate of drug-likeness (QED) is 0.907. The maximum absolute atomic E-state index is 12.4. The van der Waals surface area contributed by atoms with Crippen molar-refractivity contribution in [3.63, 3.8) is 0 Å². The average Bonchev–Trinajstić information content (AvgIpc) is 2.09. The molecule has 1 rings (SSSR count). The lowest BCUT2D eigenvalue weighted by Gasteiger charge is -2.13. The van der Waals surface area contributed by atoms with Crippen LogP contribution in [0, 0.1) is 0 Å². The molecule has 1 aromatic rings. The minimum Gasteiger partial charge on any atom is -0.330 e. The summed E-state index contributed by atoms with van der Waals surface area (Å²) < 4.78 is 25.7. The zero-order chi connectivity index (χ0) is 9.84. The molecule has 80 valence electrons. The van der Waals surface area contributed by atoms with Crippen molar-refractivity contribution in [2.45, 2.75) is 12.3 Å². The average molecular weight is 287 g/mol. The van der Waals surface area contributed by atoms with Crippen LogP contribution in [0.4, 0.5) is 8.78 Å². The normalized spacial score (nSPS) is 12.4. The van der Waals surface area contributed by atoms with Crippen molar-refractivity contribution in [1.82, 2.24) is 0 Å². The Balaban J connectivity index is 0.00000169. The highest BCUT2D eigenvalue weighted by atomic mass is 79.9. The van der Waals surface area contributed by atoms with Crippen LogP contribution in [-0.2, 0) is 0 Å². The smallest absolute Gasteiger partial charge is 0.246 e. The van der Waals surface area contributed by atoms with E-state index in [-0.39, 0.29) is 19.0 Å². The van der Waals surface area contributed by atoms with Crippen molar-refractivity contribution in [2.24, 2.45) is 5.73 Å². The minimum absolute atomic E-state index is 0. The van der Waals surface area contributed by atoms with Crippen molar-refractivity contribution in [1.29, 1.82) is 0 Å². The number of hydrogen-bond acceptors (Lipinski definition) is 1. The van der Waals surface area contributed by atoms with Crippen LogP contribution in [0.2, 0.25) is 0 Å². The third-order valence-corrected chi connectivity index (χ3v) is 2.38. The van der Waals surface area contributed by atoms with Gasteiger partial charge in [0.25, 0.3) is 0 Å². The molecule has 1 nitrogen and oxygen atoms in total. The van der Waals surface area contributed by atoms with Gasteiger partial charge in [0.1, 0.15) is 0 Å². The molecule has 0 aliphatic heterocycles. The summed E-state index contributed by atoms with van der Waals surface area (Å²) in [5, 5.41) is 0. The number of rotatable bonds is 3. The Kier molecular flexibility index (Phi) is 6.24. The Hall–Kier alpha value is -0.190. The second-order valence-corrected chi connectivity index (χ2v) is 3.64. The molecule has 0 aliphatic rings. The van der Waals surface area contributed by atoms with E-state index in [0.29, 0.717) is 5.56 Å². The summed E-state index contributed by atoms with van der Waals surface area (Å²) in [7, 11) is 0. The first kappa shape index (κ1) is 13.8. The predicted molar refractivity (Wildman–Crippen MR) is 59.2 cm³/mol. The zero-order valence-corrected chi connectivity index (χ0v) is 9.69. The van der Waals surface area contributed by atoms with E-state index in [1.165, 1.54) is 0 Å². The van der Waals surface area contributed by atoms with Crippen LogP contribution >= 0.6 is 28.3 Å². The predicted octanol–water partition coefficient (Wildman–Crippen LogP) is 3.18. The molecule has 0 spiro atoms. The maximum atomic E-state index is 12.4. The summed E-state index contributed by atoms with van der Waals surface area (Å²) >= 11 is 3.23. The van der Waals surface area contributed by atoms with E-state index in [0.717, 1.165) is 4.47 Å². The second-order valence-electron chi connectivity index (χ2n) is 2.73. The van der Waals surface area contributed by atoms with Gasteiger partial charge in [0, 0.05) is 11.0 Å². The summed E-state index contributed by atoms with van der Waals surface area (Å²) in [4.78, 5) is 0.